The molecule has 0 aliphatic carbocycles. The van der Waals surface area contributed by atoms with Crippen LogP contribution >= 0.6 is 11.8 Å². The van der Waals surface area contributed by atoms with Gasteiger partial charge in [0.05, 0.1) is 11.5 Å². The second-order valence-corrected chi connectivity index (χ2v) is 6.06. The lowest BCUT2D eigenvalue weighted by molar-refractivity contribution is -0.120. The van der Waals surface area contributed by atoms with Crippen LogP contribution in [0.1, 0.15) is 18.9 Å². The molecular formula is C15H19N3O3S. The van der Waals surface area contributed by atoms with Crippen LogP contribution in [-0.2, 0) is 20.8 Å². The van der Waals surface area contributed by atoms with Crippen LogP contribution in [0.2, 0.25) is 0 Å². The molecule has 0 bridgehead atoms. The van der Waals surface area contributed by atoms with Crippen molar-refractivity contribution in [3.8, 4) is 0 Å². The molecule has 6 nitrogen and oxygen atoms in total. The van der Waals surface area contributed by atoms with E-state index in [1.807, 2.05) is 12.1 Å². The van der Waals surface area contributed by atoms with Gasteiger partial charge >= 0.3 is 0 Å². The number of pyridine rings is 1. The van der Waals surface area contributed by atoms with E-state index < -0.39 is 0 Å². The molecule has 0 saturated heterocycles. The van der Waals surface area contributed by atoms with Crippen molar-refractivity contribution in [3.63, 3.8) is 0 Å². The highest BCUT2D eigenvalue weighted by Gasteiger charge is 2.24. The Morgan fingerprint density at radius 3 is 2.95 bits per heavy atom. The Morgan fingerprint density at radius 1 is 1.36 bits per heavy atom. The molecule has 0 atom stereocenters. The summed E-state index contributed by atoms with van der Waals surface area (Å²) >= 11 is 1.29. The molecule has 0 spiro atoms. The summed E-state index contributed by atoms with van der Waals surface area (Å²) in [6, 6.07) is 3.83. The molecule has 7 heteroatoms. The standard InChI is InChI=1S/C15H19N3O3S/c1-11(19)9-22-10-13(20)16-7-8-18-14(21)5-4-12-3-2-6-17-15(12)18/h2-3,6H,4-5,7-10H2,1H3,(H,16,20). The molecule has 118 valence electrons. The van der Waals surface area contributed by atoms with E-state index in [0.717, 1.165) is 5.56 Å². The van der Waals surface area contributed by atoms with E-state index in [0.29, 0.717) is 37.5 Å². The smallest absolute Gasteiger partial charge is 0.230 e. The van der Waals surface area contributed by atoms with Crippen molar-refractivity contribution in [3.05, 3.63) is 23.9 Å². The van der Waals surface area contributed by atoms with E-state index in [1.165, 1.54) is 18.7 Å². The molecule has 0 fully saturated rings. The van der Waals surface area contributed by atoms with Crippen LogP contribution in [0.25, 0.3) is 0 Å². The Labute approximate surface area is 133 Å². The highest BCUT2D eigenvalue weighted by Crippen LogP contribution is 2.24. The monoisotopic (exact) mass is 321 g/mol. The zero-order valence-electron chi connectivity index (χ0n) is 12.5. The number of rotatable bonds is 7. The van der Waals surface area contributed by atoms with Gasteiger partial charge in [0.15, 0.2) is 0 Å². The molecule has 1 aromatic rings. The molecule has 0 radical (unpaired) electrons. The average molecular weight is 321 g/mol. The summed E-state index contributed by atoms with van der Waals surface area (Å²) in [6.07, 6.45) is 2.86. The van der Waals surface area contributed by atoms with Gasteiger partial charge in [-0.1, -0.05) is 6.07 Å². The first-order valence-corrected chi connectivity index (χ1v) is 8.31. The fourth-order valence-corrected chi connectivity index (χ4v) is 2.92. The van der Waals surface area contributed by atoms with Crippen molar-refractivity contribution in [2.24, 2.45) is 0 Å². The van der Waals surface area contributed by atoms with Crippen LogP contribution in [0, 0.1) is 0 Å². The van der Waals surface area contributed by atoms with Gasteiger partial charge < -0.3 is 5.32 Å². The molecule has 2 heterocycles. The number of nitrogens with zero attached hydrogens (tertiary/aromatic N) is 2. The van der Waals surface area contributed by atoms with Gasteiger partial charge in [0.25, 0.3) is 0 Å². The molecule has 0 unspecified atom stereocenters. The number of Topliss-reactive ketones (excluding diaryl/α,β-unsaturated/α-hetero) is 1. The highest BCUT2D eigenvalue weighted by molar-refractivity contribution is 8.00. The maximum atomic E-state index is 12.0. The minimum Gasteiger partial charge on any atom is -0.354 e. The molecule has 22 heavy (non-hydrogen) atoms. The second-order valence-electron chi connectivity index (χ2n) is 5.08. The third-order valence-corrected chi connectivity index (χ3v) is 4.31. The van der Waals surface area contributed by atoms with Gasteiger partial charge in [-0.25, -0.2) is 4.98 Å². The zero-order valence-corrected chi connectivity index (χ0v) is 13.3. The SMILES string of the molecule is CC(=O)CSCC(=O)NCCN1C(=O)CCc2cccnc21. The van der Waals surface area contributed by atoms with Crippen LogP contribution in [-0.4, -0.2) is 47.2 Å². The zero-order chi connectivity index (χ0) is 15.9. The van der Waals surface area contributed by atoms with Gasteiger partial charge in [0, 0.05) is 25.7 Å². The van der Waals surface area contributed by atoms with E-state index in [1.54, 1.807) is 11.1 Å². The Balaban J connectivity index is 1.80. The largest absolute Gasteiger partial charge is 0.354 e. The Morgan fingerprint density at radius 2 is 2.18 bits per heavy atom. The summed E-state index contributed by atoms with van der Waals surface area (Å²) in [6.45, 7) is 2.28. The van der Waals surface area contributed by atoms with E-state index in [9.17, 15) is 14.4 Å². The van der Waals surface area contributed by atoms with Crippen LogP contribution in [0.3, 0.4) is 0 Å². The number of thioether (sulfide) groups is 1. The Kier molecular flexibility index (Phi) is 5.94. The lowest BCUT2D eigenvalue weighted by Crippen LogP contribution is -2.42. The number of anilines is 1. The first-order valence-electron chi connectivity index (χ1n) is 7.16. The molecule has 1 aliphatic rings. The van der Waals surface area contributed by atoms with Gasteiger partial charge in [0.1, 0.15) is 11.6 Å². The minimum atomic E-state index is -0.128. The average Bonchev–Trinajstić information content (AvgIpc) is 2.49. The third kappa shape index (κ3) is 4.56. The van der Waals surface area contributed by atoms with Crippen molar-refractivity contribution < 1.29 is 14.4 Å². The Hall–Kier alpha value is -1.89. The third-order valence-electron chi connectivity index (χ3n) is 3.23. The van der Waals surface area contributed by atoms with Crippen molar-refractivity contribution in [1.82, 2.24) is 10.3 Å². The predicted molar refractivity (Wildman–Crippen MR) is 85.9 cm³/mol. The normalized spacial score (nSPS) is 13.7. The number of aryl methyl sites for hydroxylation is 1. The van der Waals surface area contributed by atoms with Crippen molar-refractivity contribution in [2.45, 2.75) is 19.8 Å². The van der Waals surface area contributed by atoms with Crippen LogP contribution < -0.4 is 10.2 Å². The number of amides is 2. The van der Waals surface area contributed by atoms with Gasteiger partial charge in [-0.15, -0.1) is 11.8 Å². The minimum absolute atomic E-state index is 0.0337. The van der Waals surface area contributed by atoms with E-state index >= 15 is 0 Å². The van der Waals surface area contributed by atoms with Crippen LogP contribution in [0.15, 0.2) is 18.3 Å². The number of hydrogen-bond acceptors (Lipinski definition) is 5. The number of carbonyl (C=O) groups is 3. The van der Waals surface area contributed by atoms with Gasteiger partial charge in [-0.05, 0) is 25.0 Å². The van der Waals surface area contributed by atoms with Crippen molar-refractivity contribution >= 4 is 35.2 Å². The summed E-state index contributed by atoms with van der Waals surface area (Å²) < 4.78 is 0. The molecule has 1 aromatic heterocycles. The lowest BCUT2D eigenvalue weighted by Gasteiger charge is -2.28. The molecule has 2 amide bonds. The quantitative estimate of drug-likeness (QED) is 0.803. The van der Waals surface area contributed by atoms with Crippen LogP contribution in [0.4, 0.5) is 5.82 Å². The van der Waals surface area contributed by atoms with Crippen molar-refractivity contribution in [2.75, 3.05) is 29.5 Å². The van der Waals surface area contributed by atoms with E-state index in [4.69, 9.17) is 0 Å². The number of nitrogens with one attached hydrogen (secondary N) is 1. The van der Waals surface area contributed by atoms with E-state index in [2.05, 4.69) is 10.3 Å². The number of aromatic nitrogens is 1. The number of fused-ring (bicyclic) bond motifs is 1. The summed E-state index contributed by atoms with van der Waals surface area (Å²) in [5.41, 5.74) is 1.06. The first-order chi connectivity index (χ1) is 10.6. The molecular weight excluding hydrogens is 302 g/mol. The molecule has 0 aromatic carbocycles. The van der Waals surface area contributed by atoms with Crippen molar-refractivity contribution in [1.29, 1.82) is 0 Å². The fourth-order valence-electron chi connectivity index (χ4n) is 2.24. The summed E-state index contributed by atoms with van der Waals surface area (Å²) in [4.78, 5) is 40.3. The fraction of sp³-hybridized carbons (Fsp3) is 0.467. The lowest BCUT2D eigenvalue weighted by atomic mass is 10.1. The van der Waals surface area contributed by atoms with Gasteiger partial charge in [-0.2, -0.15) is 0 Å². The summed E-state index contributed by atoms with van der Waals surface area (Å²) in [5.74, 6) is 1.25. The molecule has 1 aliphatic heterocycles. The molecule has 2 rings (SSSR count). The topological polar surface area (TPSA) is 79.4 Å². The predicted octanol–water partition coefficient (Wildman–Crippen LogP) is 0.799. The molecule has 0 saturated carbocycles. The number of ketones is 1. The Bertz CT molecular complexity index is 577. The summed E-state index contributed by atoms with van der Waals surface area (Å²) in [5, 5.41) is 2.76. The number of hydrogen-bond donors (Lipinski definition) is 1. The molecule has 1 N–H and O–H groups in total. The number of carbonyl (C=O) groups excluding carboxylic acids is 3. The van der Waals surface area contributed by atoms with Gasteiger partial charge in [0.2, 0.25) is 11.8 Å². The van der Waals surface area contributed by atoms with Gasteiger partial charge in [-0.3, -0.25) is 19.3 Å². The highest BCUT2D eigenvalue weighted by atomic mass is 32.2. The summed E-state index contributed by atoms with van der Waals surface area (Å²) in [7, 11) is 0. The van der Waals surface area contributed by atoms with E-state index in [-0.39, 0.29) is 23.4 Å². The maximum absolute atomic E-state index is 12.0. The maximum Gasteiger partial charge on any atom is 0.230 e. The first kappa shape index (κ1) is 16.5. The second kappa shape index (κ2) is 7.93. The van der Waals surface area contributed by atoms with Crippen LogP contribution in [0.5, 0.6) is 0 Å².